The smallest absolute Gasteiger partial charge is 0.352 e. The van der Waals surface area contributed by atoms with E-state index in [0.29, 0.717) is 18.8 Å². The summed E-state index contributed by atoms with van der Waals surface area (Å²) in [6.45, 7) is 3.86. The summed E-state index contributed by atoms with van der Waals surface area (Å²) in [5.74, 6) is -0.895. The Morgan fingerprint density at radius 3 is 2.48 bits per heavy atom. The number of hydrogen-bond donors (Lipinski definition) is 3. The second-order valence-corrected chi connectivity index (χ2v) is 8.45. The SMILES string of the molecule is Cc1ccccc1Cn1c(C(=O)O)c(CNCCc2c[nH]c3ccccc23)c2ccccc21. The van der Waals surface area contributed by atoms with Crippen molar-refractivity contribution in [3.05, 3.63) is 107 Å². The topological polar surface area (TPSA) is 70.1 Å². The van der Waals surface area contributed by atoms with E-state index >= 15 is 0 Å². The van der Waals surface area contributed by atoms with Crippen molar-refractivity contribution in [2.24, 2.45) is 0 Å². The quantitative estimate of drug-likeness (QED) is 0.280. The maximum absolute atomic E-state index is 12.4. The van der Waals surface area contributed by atoms with Crippen LogP contribution in [0.3, 0.4) is 0 Å². The molecule has 5 rings (SSSR count). The van der Waals surface area contributed by atoms with Crippen molar-refractivity contribution in [1.29, 1.82) is 0 Å². The summed E-state index contributed by atoms with van der Waals surface area (Å²) in [5, 5.41) is 15.9. The molecule has 3 aromatic carbocycles. The van der Waals surface area contributed by atoms with Crippen molar-refractivity contribution in [3.8, 4) is 0 Å². The molecule has 0 aliphatic heterocycles. The lowest BCUT2D eigenvalue weighted by Gasteiger charge is -2.12. The van der Waals surface area contributed by atoms with Gasteiger partial charge in [-0.15, -0.1) is 0 Å². The van der Waals surface area contributed by atoms with E-state index in [2.05, 4.69) is 53.8 Å². The molecule has 0 aliphatic rings. The minimum absolute atomic E-state index is 0.360. The molecule has 33 heavy (non-hydrogen) atoms. The zero-order valence-corrected chi connectivity index (χ0v) is 18.6. The monoisotopic (exact) mass is 437 g/mol. The predicted octanol–water partition coefficient (Wildman–Crippen LogP) is 5.51. The van der Waals surface area contributed by atoms with Crippen LogP contribution in [0.2, 0.25) is 0 Å². The molecule has 0 saturated carbocycles. The van der Waals surface area contributed by atoms with Crippen LogP contribution in [0.1, 0.15) is 32.7 Å². The molecule has 0 bridgehead atoms. The second-order valence-electron chi connectivity index (χ2n) is 8.45. The highest BCUT2D eigenvalue weighted by atomic mass is 16.4. The molecule has 5 nitrogen and oxygen atoms in total. The summed E-state index contributed by atoms with van der Waals surface area (Å²) in [7, 11) is 0. The molecule has 0 spiro atoms. The number of fused-ring (bicyclic) bond motifs is 2. The average Bonchev–Trinajstić information content (AvgIpc) is 3.37. The number of carboxylic acids is 1. The number of nitrogens with zero attached hydrogens (tertiary/aromatic N) is 1. The average molecular weight is 438 g/mol. The number of aromatic amines is 1. The Kier molecular flexibility index (Phi) is 5.71. The van der Waals surface area contributed by atoms with Crippen LogP contribution in [0, 0.1) is 6.92 Å². The number of aryl methyl sites for hydroxylation is 1. The molecule has 3 N–H and O–H groups in total. The number of H-pyrrole nitrogens is 1. The molecule has 2 heterocycles. The summed E-state index contributed by atoms with van der Waals surface area (Å²) < 4.78 is 1.94. The number of rotatable bonds is 8. The van der Waals surface area contributed by atoms with Gasteiger partial charge in [0, 0.05) is 46.7 Å². The van der Waals surface area contributed by atoms with E-state index in [9.17, 15) is 9.90 Å². The van der Waals surface area contributed by atoms with E-state index in [1.807, 2.05) is 47.0 Å². The van der Waals surface area contributed by atoms with Gasteiger partial charge in [0.1, 0.15) is 5.69 Å². The normalized spacial score (nSPS) is 11.4. The van der Waals surface area contributed by atoms with Crippen LogP contribution in [0.4, 0.5) is 0 Å². The molecular formula is C28H27N3O2. The second kappa shape index (κ2) is 8.96. The molecule has 5 aromatic rings. The van der Waals surface area contributed by atoms with Gasteiger partial charge in [-0.25, -0.2) is 4.79 Å². The van der Waals surface area contributed by atoms with Gasteiger partial charge in [-0.05, 0) is 48.7 Å². The summed E-state index contributed by atoms with van der Waals surface area (Å²) in [4.78, 5) is 15.7. The molecule has 0 atom stereocenters. The van der Waals surface area contributed by atoms with E-state index in [-0.39, 0.29) is 0 Å². The fourth-order valence-electron chi connectivity index (χ4n) is 4.70. The number of nitrogens with one attached hydrogen (secondary N) is 2. The third-order valence-electron chi connectivity index (χ3n) is 6.42. The van der Waals surface area contributed by atoms with Gasteiger partial charge >= 0.3 is 5.97 Å². The maximum atomic E-state index is 12.4. The highest BCUT2D eigenvalue weighted by molar-refractivity contribution is 5.98. The Labute approximate surface area is 192 Å². The molecule has 2 aromatic heterocycles. The number of aromatic nitrogens is 2. The molecule has 0 aliphatic carbocycles. The molecule has 0 saturated heterocycles. The van der Waals surface area contributed by atoms with E-state index in [1.165, 1.54) is 10.9 Å². The van der Waals surface area contributed by atoms with E-state index in [1.54, 1.807) is 0 Å². The van der Waals surface area contributed by atoms with Gasteiger partial charge in [-0.3, -0.25) is 0 Å². The third-order valence-corrected chi connectivity index (χ3v) is 6.42. The molecule has 0 unspecified atom stereocenters. The summed E-state index contributed by atoms with van der Waals surface area (Å²) in [5.41, 5.74) is 6.83. The van der Waals surface area contributed by atoms with Crippen LogP contribution >= 0.6 is 0 Å². The van der Waals surface area contributed by atoms with Crippen LogP contribution in [-0.4, -0.2) is 27.2 Å². The highest BCUT2D eigenvalue weighted by Crippen LogP contribution is 2.28. The summed E-state index contributed by atoms with van der Waals surface area (Å²) in [6.07, 6.45) is 2.93. The Morgan fingerprint density at radius 1 is 0.939 bits per heavy atom. The summed E-state index contributed by atoms with van der Waals surface area (Å²) in [6, 6.07) is 24.4. The van der Waals surface area contributed by atoms with Crippen molar-refractivity contribution in [3.63, 3.8) is 0 Å². The van der Waals surface area contributed by atoms with Crippen LogP contribution in [0.5, 0.6) is 0 Å². The predicted molar refractivity (Wildman–Crippen MR) is 133 cm³/mol. The fourth-order valence-corrected chi connectivity index (χ4v) is 4.70. The van der Waals surface area contributed by atoms with Crippen LogP contribution in [-0.2, 0) is 19.5 Å². The largest absolute Gasteiger partial charge is 0.477 e. The van der Waals surface area contributed by atoms with Gasteiger partial charge in [-0.1, -0.05) is 60.7 Å². The fraction of sp³-hybridized carbons (Fsp3) is 0.179. The van der Waals surface area contributed by atoms with Crippen molar-refractivity contribution >= 4 is 27.8 Å². The number of hydrogen-bond acceptors (Lipinski definition) is 2. The minimum Gasteiger partial charge on any atom is -0.477 e. The lowest BCUT2D eigenvalue weighted by atomic mass is 10.1. The molecule has 0 amide bonds. The van der Waals surface area contributed by atoms with E-state index < -0.39 is 5.97 Å². The third kappa shape index (κ3) is 4.03. The Hall–Kier alpha value is -3.83. The Morgan fingerprint density at radius 2 is 1.67 bits per heavy atom. The van der Waals surface area contributed by atoms with E-state index in [0.717, 1.165) is 46.1 Å². The zero-order chi connectivity index (χ0) is 22.8. The lowest BCUT2D eigenvalue weighted by Crippen LogP contribution is -2.19. The van der Waals surface area contributed by atoms with Gasteiger partial charge in [0.25, 0.3) is 0 Å². The summed E-state index contributed by atoms with van der Waals surface area (Å²) >= 11 is 0. The van der Waals surface area contributed by atoms with Gasteiger partial charge in [-0.2, -0.15) is 0 Å². The number of aromatic carboxylic acids is 1. The number of para-hydroxylation sites is 2. The van der Waals surface area contributed by atoms with Gasteiger partial charge in [0.05, 0.1) is 0 Å². The van der Waals surface area contributed by atoms with Gasteiger partial charge in [0.15, 0.2) is 0 Å². The first kappa shape index (κ1) is 21.0. The van der Waals surface area contributed by atoms with Gasteiger partial charge < -0.3 is 20.0 Å². The molecule has 166 valence electrons. The molecular weight excluding hydrogens is 410 g/mol. The van der Waals surface area contributed by atoms with Crippen LogP contribution in [0.15, 0.2) is 79.0 Å². The highest BCUT2D eigenvalue weighted by Gasteiger charge is 2.22. The zero-order valence-electron chi connectivity index (χ0n) is 18.6. The van der Waals surface area contributed by atoms with Crippen LogP contribution in [0.25, 0.3) is 21.8 Å². The standard InChI is InChI=1S/C28H27N3O2/c1-19-8-2-3-9-21(19)18-31-26-13-7-5-11-23(26)24(27(31)28(32)33)17-29-15-14-20-16-30-25-12-6-4-10-22(20)25/h2-13,16,29-30H,14-15,17-18H2,1H3,(H,32,33). The Bertz CT molecular complexity index is 1440. The molecule has 5 heteroatoms. The van der Waals surface area contributed by atoms with Crippen molar-refractivity contribution in [2.45, 2.75) is 26.4 Å². The van der Waals surface area contributed by atoms with Crippen molar-refractivity contribution in [2.75, 3.05) is 6.54 Å². The maximum Gasteiger partial charge on any atom is 0.352 e. The minimum atomic E-state index is -0.895. The first-order valence-electron chi connectivity index (χ1n) is 11.3. The van der Waals surface area contributed by atoms with Crippen LogP contribution < -0.4 is 5.32 Å². The number of carboxylic acid groups (broad SMARTS) is 1. The van der Waals surface area contributed by atoms with Gasteiger partial charge in [0.2, 0.25) is 0 Å². The van der Waals surface area contributed by atoms with Crippen molar-refractivity contribution in [1.82, 2.24) is 14.9 Å². The first-order chi connectivity index (χ1) is 16.1. The molecule has 0 fully saturated rings. The first-order valence-corrected chi connectivity index (χ1v) is 11.3. The number of carbonyl (C=O) groups is 1. The van der Waals surface area contributed by atoms with Crippen molar-refractivity contribution < 1.29 is 9.90 Å². The number of benzene rings is 3. The lowest BCUT2D eigenvalue weighted by molar-refractivity contribution is 0.0684. The van der Waals surface area contributed by atoms with E-state index in [4.69, 9.17) is 0 Å². The molecule has 0 radical (unpaired) electrons. The Balaban J connectivity index is 1.42.